The molecule has 10 heteroatoms. The summed E-state index contributed by atoms with van der Waals surface area (Å²) in [5.41, 5.74) is 0.407. The van der Waals surface area contributed by atoms with E-state index in [4.69, 9.17) is 0 Å². The van der Waals surface area contributed by atoms with Crippen LogP contribution in [0.4, 0.5) is 13.2 Å². The highest BCUT2D eigenvalue weighted by molar-refractivity contribution is 7.99. The Morgan fingerprint density at radius 1 is 1.29 bits per heavy atom. The van der Waals surface area contributed by atoms with Gasteiger partial charge in [0.2, 0.25) is 5.82 Å². The predicted octanol–water partition coefficient (Wildman–Crippen LogP) is 2.80. The van der Waals surface area contributed by atoms with E-state index in [0.717, 1.165) is 10.8 Å². The number of nitrogens with zero attached hydrogens (tertiary/aromatic N) is 5. The normalized spacial score (nSPS) is 13.7. The molecule has 0 aliphatic rings. The number of pyridine rings is 1. The van der Waals surface area contributed by atoms with Gasteiger partial charge in [-0.05, 0) is 18.1 Å². The van der Waals surface area contributed by atoms with E-state index in [1.807, 2.05) is 6.92 Å². The molecule has 1 atom stereocenters. The van der Waals surface area contributed by atoms with Gasteiger partial charge >= 0.3 is 6.18 Å². The monoisotopic (exact) mass is 357 g/mol. The van der Waals surface area contributed by atoms with Crippen LogP contribution in [0.2, 0.25) is 0 Å². The van der Waals surface area contributed by atoms with Crippen LogP contribution in [0.25, 0.3) is 16.8 Å². The summed E-state index contributed by atoms with van der Waals surface area (Å²) in [5, 5.41) is 16.6. The Bertz CT molecular complexity index is 863. The van der Waals surface area contributed by atoms with Gasteiger partial charge in [-0.15, -0.1) is 22.0 Å². The van der Waals surface area contributed by atoms with E-state index in [2.05, 4.69) is 20.2 Å². The van der Waals surface area contributed by atoms with Gasteiger partial charge in [0.1, 0.15) is 10.5 Å². The summed E-state index contributed by atoms with van der Waals surface area (Å²) in [7, 11) is 0. The van der Waals surface area contributed by atoms with E-state index >= 15 is 0 Å². The van der Waals surface area contributed by atoms with E-state index in [0.29, 0.717) is 16.3 Å². The number of hydrogen-bond donors (Lipinski definition) is 1. The molecule has 3 aromatic rings. The van der Waals surface area contributed by atoms with E-state index in [-0.39, 0.29) is 23.8 Å². The molecular weight excluding hydrogens is 343 g/mol. The highest BCUT2D eigenvalue weighted by atomic mass is 32.2. The SMILES string of the molecule is CCC(CO)CSc1nc2cccnc2n2c(C(F)(F)F)nnc12. The second-order valence-corrected chi connectivity index (χ2v) is 6.22. The fourth-order valence-electron chi connectivity index (χ4n) is 2.21. The van der Waals surface area contributed by atoms with Gasteiger partial charge < -0.3 is 5.11 Å². The van der Waals surface area contributed by atoms with Gasteiger partial charge in [-0.2, -0.15) is 13.2 Å². The first-order valence-corrected chi connectivity index (χ1v) is 8.25. The maximum Gasteiger partial charge on any atom is 0.452 e. The average Bonchev–Trinajstić information content (AvgIpc) is 3.01. The summed E-state index contributed by atoms with van der Waals surface area (Å²) in [6.45, 7) is 1.95. The Kier molecular flexibility index (Phi) is 4.59. The fraction of sp³-hybridized carbons (Fsp3) is 0.429. The lowest BCUT2D eigenvalue weighted by Gasteiger charge is -2.12. The van der Waals surface area contributed by atoms with E-state index in [1.54, 1.807) is 12.1 Å². The number of aromatic nitrogens is 5. The molecule has 0 aromatic carbocycles. The molecule has 24 heavy (non-hydrogen) atoms. The third-order valence-corrected chi connectivity index (χ3v) is 4.78. The average molecular weight is 357 g/mol. The summed E-state index contributed by atoms with van der Waals surface area (Å²) >= 11 is 1.26. The topological polar surface area (TPSA) is 76.2 Å². The first-order chi connectivity index (χ1) is 11.5. The number of aliphatic hydroxyl groups excluding tert-OH is 1. The van der Waals surface area contributed by atoms with Crippen molar-refractivity contribution in [1.82, 2.24) is 24.6 Å². The molecule has 0 saturated carbocycles. The zero-order valence-corrected chi connectivity index (χ0v) is 13.5. The summed E-state index contributed by atoms with van der Waals surface area (Å²) < 4.78 is 40.6. The Morgan fingerprint density at radius 3 is 2.75 bits per heavy atom. The molecular formula is C14H14F3N5OS. The second kappa shape index (κ2) is 6.52. The van der Waals surface area contributed by atoms with Crippen LogP contribution in [0.15, 0.2) is 23.4 Å². The zero-order chi connectivity index (χ0) is 17.3. The van der Waals surface area contributed by atoms with Crippen LogP contribution in [0.3, 0.4) is 0 Å². The first kappa shape index (κ1) is 16.9. The minimum Gasteiger partial charge on any atom is -0.396 e. The third kappa shape index (κ3) is 3.03. The molecule has 1 unspecified atom stereocenters. The van der Waals surface area contributed by atoms with Crippen molar-refractivity contribution in [3.63, 3.8) is 0 Å². The molecule has 0 fully saturated rings. The zero-order valence-electron chi connectivity index (χ0n) is 12.7. The maximum absolute atomic E-state index is 13.2. The molecule has 0 bridgehead atoms. The maximum atomic E-state index is 13.2. The molecule has 6 nitrogen and oxygen atoms in total. The van der Waals surface area contributed by atoms with Crippen molar-refractivity contribution in [2.45, 2.75) is 24.5 Å². The number of rotatable bonds is 5. The van der Waals surface area contributed by atoms with Crippen molar-refractivity contribution in [2.24, 2.45) is 5.92 Å². The largest absolute Gasteiger partial charge is 0.452 e. The van der Waals surface area contributed by atoms with Crippen LogP contribution in [-0.2, 0) is 6.18 Å². The van der Waals surface area contributed by atoms with Crippen molar-refractivity contribution >= 4 is 28.6 Å². The summed E-state index contributed by atoms with van der Waals surface area (Å²) in [4.78, 5) is 8.36. The van der Waals surface area contributed by atoms with Gasteiger partial charge in [0, 0.05) is 18.6 Å². The molecule has 3 heterocycles. The molecule has 3 aromatic heterocycles. The number of hydrogen-bond acceptors (Lipinski definition) is 6. The molecule has 0 spiro atoms. The minimum atomic E-state index is -4.65. The number of halogens is 3. The van der Waals surface area contributed by atoms with E-state index in [1.165, 1.54) is 18.0 Å². The standard InChI is InChI=1S/C14H14F3N5OS/c1-2-8(6-23)7-24-12-11-20-21-13(14(15,16)17)22(11)10-9(19-12)4-3-5-18-10/h3-5,8,23H,2,6-7H2,1H3. The van der Waals surface area contributed by atoms with Crippen LogP contribution in [0, 0.1) is 5.92 Å². The Morgan fingerprint density at radius 2 is 2.08 bits per heavy atom. The van der Waals surface area contributed by atoms with Crippen LogP contribution >= 0.6 is 11.8 Å². The predicted molar refractivity (Wildman–Crippen MR) is 82.7 cm³/mol. The van der Waals surface area contributed by atoms with Gasteiger partial charge in [0.25, 0.3) is 0 Å². The first-order valence-electron chi connectivity index (χ1n) is 7.26. The fourth-order valence-corrected chi connectivity index (χ4v) is 3.37. The smallest absolute Gasteiger partial charge is 0.396 e. The molecule has 3 rings (SSSR count). The second-order valence-electron chi connectivity index (χ2n) is 5.21. The summed E-state index contributed by atoms with van der Waals surface area (Å²) in [6.07, 6.45) is -2.49. The van der Waals surface area contributed by atoms with Crippen LogP contribution in [-0.4, -0.2) is 42.0 Å². The van der Waals surface area contributed by atoms with Gasteiger partial charge in [-0.1, -0.05) is 13.3 Å². The molecule has 128 valence electrons. The number of alkyl halides is 3. The third-order valence-electron chi connectivity index (χ3n) is 3.60. The molecule has 1 N–H and O–H groups in total. The number of fused-ring (bicyclic) bond motifs is 3. The molecule has 0 amide bonds. The van der Waals surface area contributed by atoms with E-state index in [9.17, 15) is 18.3 Å². The van der Waals surface area contributed by atoms with Crippen molar-refractivity contribution in [3.8, 4) is 0 Å². The number of aliphatic hydroxyl groups is 1. The van der Waals surface area contributed by atoms with Crippen molar-refractivity contribution in [3.05, 3.63) is 24.2 Å². The number of thioether (sulfide) groups is 1. The highest BCUT2D eigenvalue weighted by Crippen LogP contribution is 2.32. The lowest BCUT2D eigenvalue weighted by molar-refractivity contribution is -0.145. The van der Waals surface area contributed by atoms with Gasteiger partial charge in [0.15, 0.2) is 11.3 Å². The molecule has 0 saturated heterocycles. The Labute approximate surface area is 139 Å². The van der Waals surface area contributed by atoms with Gasteiger partial charge in [-0.3, -0.25) is 4.40 Å². The summed E-state index contributed by atoms with van der Waals surface area (Å²) in [5.74, 6) is -0.568. The molecule has 0 aliphatic carbocycles. The Hall–Kier alpha value is -1.94. The summed E-state index contributed by atoms with van der Waals surface area (Å²) in [6, 6.07) is 3.20. The quantitative estimate of drug-likeness (QED) is 0.708. The van der Waals surface area contributed by atoms with E-state index < -0.39 is 12.0 Å². The minimum absolute atomic E-state index is 0.00934. The van der Waals surface area contributed by atoms with Gasteiger partial charge in [-0.25, -0.2) is 9.97 Å². The molecule has 0 radical (unpaired) electrons. The van der Waals surface area contributed by atoms with Crippen LogP contribution in [0.5, 0.6) is 0 Å². The molecule has 0 aliphatic heterocycles. The van der Waals surface area contributed by atoms with Crippen LogP contribution in [0.1, 0.15) is 19.2 Å². The Balaban J connectivity index is 2.17. The van der Waals surface area contributed by atoms with Crippen molar-refractivity contribution in [1.29, 1.82) is 0 Å². The van der Waals surface area contributed by atoms with Crippen molar-refractivity contribution < 1.29 is 18.3 Å². The van der Waals surface area contributed by atoms with Crippen molar-refractivity contribution in [2.75, 3.05) is 12.4 Å². The lowest BCUT2D eigenvalue weighted by atomic mass is 10.1. The van der Waals surface area contributed by atoms with Gasteiger partial charge in [0.05, 0.1) is 0 Å². The van der Waals surface area contributed by atoms with Crippen LogP contribution < -0.4 is 0 Å². The highest BCUT2D eigenvalue weighted by Gasteiger charge is 2.38. The lowest BCUT2D eigenvalue weighted by Crippen LogP contribution is -2.12.